The molecule has 0 saturated heterocycles. The fraction of sp³-hybridized carbons (Fsp3) is 0.310. The first-order valence-corrected chi connectivity index (χ1v) is 12.4. The summed E-state index contributed by atoms with van der Waals surface area (Å²) < 4.78 is 4.39. The molecule has 1 heterocycles. The number of allylic oxidation sites excluding steroid dienone is 1. The lowest BCUT2D eigenvalue weighted by Gasteiger charge is -2.41. The molecular formula is C29H31NO3S. The summed E-state index contributed by atoms with van der Waals surface area (Å²) in [4.78, 5) is 30.4. The fourth-order valence-electron chi connectivity index (χ4n) is 4.64. The first-order valence-electron chi connectivity index (χ1n) is 11.6. The number of fused-ring (bicyclic) bond motifs is 1. The Kier molecular flexibility index (Phi) is 6.59. The van der Waals surface area contributed by atoms with Crippen LogP contribution in [0.15, 0.2) is 89.0 Å². The first-order chi connectivity index (χ1) is 16.2. The number of carbonyl (C=O) groups excluding carboxylic acids is 2. The van der Waals surface area contributed by atoms with E-state index in [0.29, 0.717) is 17.8 Å². The van der Waals surface area contributed by atoms with Crippen molar-refractivity contribution in [3.63, 3.8) is 0 Å². The SMILES string of the molecule is CCOC(=O)C1=C(C)N(Cc2ccccc2)C(=O)[C@]1(Sc1ccc2ccccc2c1)C(C)(C)C. The molecule has 0 aliphatic carbocycles. The summed E-state index contributed by atoms with van der Waals surface area (Å²) in [6.45, 7) is 10.4. The molecule has 0 bridgehead atoms. The number of hydrogen-bond acceptors (Lipinski definition) is 4. The minimum atomic E-state index is -1.12. The van der Waals surface area contributed by atoms with E-state index in [0.717, 1.165) is 21.2 Å². The van der Waals surface area contributed by atoms with Gasteiger partial charge in [0.1, 0.15) is 4.75 Å². The number of nitrogens with zero attached hydrogens (tertiary/aromatic N) is 1. The van der Waals surface area contributed by atoms with Crippen LogP contribution in [-0.2, 0) is 20.9 Å². The molecule has 0 unspecified atom stereocenters. The van der Waals surface area contributed by atoms with E-state index in [9.17, 15) is 9.59 Å². The van der Waals surface area contributed by atoms with Crippen LogP contribution in [0.2, 0.25) is 0 Å². The minimum Gasteiger partial charge on any atom is -0.463 e. The van der Waals surface area contributed by atoms with Crippen molar-refractivity contribution in [2.24, 2.45) is 5.41 Å². The van der Waals surface area contributed by atoms with Crippen molar-refractivity contribution in [2.45, 2.75) is 50.8 Å². The molecular weight excluding hydrogens is 442 g/mol. The maximum atomic E-state index is 14.3. The third-order valence-corrected chi connectivity index (χ3v) is 8.16. The maximum absolute atomic E-state index is 14.3. The van der Waals surface area contributed by atoms with Crippen LogP contribution in [0.3, 0.4) is 0 Å². The number of hydrogen-bond donors (Lipinski definition) is 0. The van der Waals surface area contributed by atoms with Crippen molar-refractivity contribution in [3.05, 3.63) is 89.6 Å². The molecule has 34 heavy (non-hydrogen) atoms. The van der Waals surface area contributed by atoms with E-state index in [1.807, 2.05) is 76.2 Å². The molecule has 1 atom stereocenters. The maximum Gasteiger partial charge on any atom is 0.337 e. The molecule has 1 aliphatic rings. The van der Waals surface area contributed by atoms with Gasteiger partial charge in [-0.05, 0) is 47.7 Å². The summed E-state index contributed by atoms with van der Waals surface area (Å²) in [5.74, 6) is -0.505. The van der Waals surface area contributed by atoms with Gasteiger partial charge in [-0.15, -0.1) is 11.8 Å². The van der Waals surface area contributed by atoms with Crippen LogP contribution in [0.5, 0.6) is 0 Å². The Hall–Kier alpha value is -3.05. The second-order valence-electron chi connectivity index (χ2n) is 9.60. The van der Waals surface area contributed by atoms with Gasteiger partial charge < -0.3 is 9.64 Å². The average molecular weight is 474 g/mol. The van der Waals surface area contributed by atoms with Crippen molar-refractivity contribution in [3.8, 4) is 0 Å². The molecule has 3 aromatic carbocycles. The molecule has 0 fully saturated rings. The predicted molar refractivity (Wildman–Crippen MR) is 138 cm³/mol. The van der Waals surface area contributed by atoms with Crippen LogP contribution in [0, 0.1) is 5.41 Å². The van der Waals surface area contributed by atoms with E-state index >= 15 is 0 Å². The molecule has 0 saturated carbocycles. The summed E-state index contributed by atoms with van der Waals surface area (Å²) in [5.41, 5.74) is 1.56. The van der Waals surface area contributed by atoms with Crippen LogP contribution in [-0.4, -0.2) is 28.1 Å². The Morgan fingerprint density at radius 1 is 0.971 bits per heavy atom. The normalized spacial score (nSPS) is 18.6. The Balaban J connectivity index is 1.86. The van der Waals surface area contributed by atoms with Gasteiger partial charge in [-0.2, -0.15) is 0 Å². The lowest BCUT2D eigenvalue weighted by atomic mass is 9.75. The highest BCUT2D eigenvalue weighted by Crippen LogP contribution is 2.56. The number of thioether (sulfide) groups is 1. The molecule has 0 spiro atoms. The van der Waals surface area contributed by atoms with Gasteiger partial charge in [-0.1, -0.05) is 81.4 Å². The minimum absolute atomic E-state index is 0.0810. The van der Waals surface area contributed by atoms with Crippen LogP contribution in [0.1, 0.15) is 40.2 Å². The third-order valence-electron chi connectivity index (χ3n) is 6.38. The lowest BCUT2D eigenvalue weighted by Crippen LogP contribution is -2.51. The number of esters is 1. The smallest absolute Gasteiger partial charge is 0.337 e. The third kappa shape index (κ3) is 4.14. The zero-order valence-electron chi connectivity index (χ0n) is 20.4. The Bertz CT molecular complexity index is 1260. The Labute approximate surface area is 206 Å². The van der Waals surface area contributed by atoms with Crippen molar-refractivity contribution < 1.29 is 14.3 Å². The molecule has 1 amide bonds. The molecule has 4 nitrogen and oxygen atoms in total. The van der Waals surface area contributed by atoms with E-state index in [-0.39, 0.29) is 12.5 Å². The largest absolute Gasteiger partial charge is 0.463 e. The van der Waals surface area contributed by atoms with Gasteiger partial charge >= 0.3 is 5.97 Å². The van der Waals surface area contributed by atoms with E-state index < -0.39 is 16.1 Å². The highest BCUT2D eigenvalue weighted by Gasteiger charge is 2.61. The number of benzene rings is 3. The summed E-state index contributed by atoms with van der Waals surface area (Å²) in [6, 6.07) is 24.2. The molecule has 3 aromatic rings. The van der Waals surface area contributed by atoms with Gasteiger partial charge in [0, 0.05) is 10.6 Å². The van der Waals surface area contributed by atoms with Crippen molar-refractivity contribution >= 4 is 34.4 Å². The van der Waals surface area contributed by atoms with Crippen molar-refractivity contribution in [1.29, 1.82) is 0 Å². The van der Waals surface area contributed by atoms with Gasteiger partial charge in [-0.25, -0.2) is 4.79 Å². The van der Waals surface area contributed by atoms with Gasteiger partial charge in [0.2, 0.25) is 5.91 Å². The predicted octanol–water partition coefficient (Wildman–Crippen LogP) is 6.60. The molecule has 1 aliphatic heterocycles. The van der Waals surface area contributed by atoms with Crippen LogP contribution in [0.25, 0.3) is 10.8 Å². The number of amides is 1. The second kappa shape index (κ2) is 9.30. The molecule has 4 rings (SSSR count). The standard InChI is InChI=1S/C29H31NO3S/c1-6-33-26(31)25-20(2)30(19-21-12-8-7-9-13-21)27(32)29(25,28(3,4)5)34-24-17-16-22-14-10-11-15-23(22)18-24/h7-18H,6,19H2,1-5H3/t29-/m0/s1. The number of carbonyl (C=O) groups is 2. The topological polar surface area (TPSA) is 46.6 Å². The van der Waals surface area contributed by atoms with Crippen molar-refractivity contribution in [2.75, 3.05) is 6.61 Å². The van der Waals surface area contributed by atoms with E-state index in [1.165, 1.54) is 11.8 Å². The Morgan fingerprint density at radius 2 is 1.62 bits per heavy atom. The van der Waals surface area contributed by atoms with Gasteiger partial charge in [0.05, 0.1) is 18.7 Å². The fourth-order valence-corrected chi connectivity index (χ4v) is 6.15. The van der Waals surface area contributed by atoms with Gasteiger partial charge in [0.15, 0.2) is 0 Å². The van der Waals surface area contributed by atoms with E-state index in [4.69, 9.17) is 4.74 Å². The van der Waals surface area contributed by atoms with Crippen LogP contribution in [0.4, 0.5) is 0 Å². The van der Waals surface area contributed by atoms with Gasteiger partial charge in [0.25, 0.3) is 0 Å². The molecule has 0 radical (unpaired) electrons. The zero-order chi connectivity index (χ0) is 24.5. The average Bonchev–Trinajstić information content (AvgIpc) is 3.02. The van der Waals surface area contributed by atoms with Crippen LogP contribution < -0.4 is 0 Å². The monoisotopic (exact) mass is 473 g/mol. The molecule has 176 valence electrons. The summed E-state index contributed by atoms with van der Waals surface area (Å²) in [7, 11) is 0. The number of rotatable bonds is 6. The molecule has 0 aromatic heterocycles. The van der Waals surface area contributed by atoms with E-state index in [2.05, 4.69) is 24.3 Å². The zero-order valence-corrected chi connectivity index (χ0v) is 21.2. The quantitative estimate of drug-likeness (QED) is 0.379. The second-order valence-corrected chi connectivity index (χ2v) is 10.9. The molecule has 0 N–H and O–H groups in total. The van der Waals surface area contributed by atoms with Crippen LogP contribution >= 0.6 is 11.8 Å². The summed E-state index contributed by atoms with van der Waals surface area (Å²) in [5, 5.41) is 2.24. The van der Waals surface area contributed by atoms with Crippen molar-refractivity contribution in [1.82, 2.24) is 4.90 Å². The highest BCUT2D eigenvalue weighted by molar-refractivity contribution is 8.01. The summed E-state index contributed by atoms with van der Waals surface area (Å²) >= 11 is 1.46. The first kappa shape index (κ1) is 24.1. The number of ether oxygens (including phenoxy) is 1. The van der Waals surface area contributed by atoms with E-state index in [1.54, 1.807) is 11.8 Å². The highest BCUT2D eigenvalue weighted by atomic mass is 32.2. The van der Waals surface area contributed by atoms with Gasteiger partial charge in [-0.3, -0.25) is 4.79 Å². The Morgan fingerprint density at radius 3 is 2.26 bits per heavy atom. The summed E-state index contributed by atoms with van der Waals surface area (Å²) in [6.07, 6.45) is 0. The molecule has 5 heteroatoms. The lowest BCUT2D eigenvalue weighted by molar-refractivity contribution is -0.141.